The molecule has 0 bridgehead atoms. The number of benzene rings is 2. The summed E-state index contributed by atoms with van der Waals surface area (Å²) in [6, 6.07) is 17.2. The van der Waals surface area contributed by atoms with E-state index in [1.54, 1.807) is 24.3 Å². The first-order valence-electron chi connectivity index (χ1n) is 10.7. The van der Waals surface area contributed by atoms with E-state index in [9.17, 15) is 14.4 Å². The average molecular weight is 405 g/mol. The molecule has 0 saturated heterocycles. The van der Waals surface area contributed by atoms with Crippen LogP contribution in [0.5, 0.6) is 0 Å². The maximum atomic E-state index is 12.7. The molecule has 3 aromatic rings. The zero-order chi connectivity index (χ0) is 20.9. The van der Waals surface area contributed by atoms with E-state index in [4.69, 9.17) is 0 Å². The van der Waals surface area contributed by atoms with Gasteiger partial charge in [-0.3, -0.25) is 14.2 Å². The standard InChI is InChI=1S/C24H27N3O3/c28-22(25-15-14-17-6-2-1-3-7-17)19-12-10-18(11-13-19)16-27-23(29)20-8-4-5-9-21(20)26-24(27)30/h1-9,18-19H,10-16H2,(H,25,28)(H,26,30). The van der Waals surface area contributed by atoms with E-state index in [0.717, 1.165) is 32.1 Å². The molecule has 156 valence electrons. The zero-order valence-electron chi connectivity index (χ0n) is 17.0. The minimum Gasteiger partial charge on any atom is -0.356 e. The van der Waals surface area contributed by atoms with Crippen molar-refractivity contribution in [1.29, 1.82) is 0 Å². The summed E-state index contributed by atoms with van der Waals surface area (Å²) in [5, 5.41) is 3.59. The van der Waals surface area contributed by atoms with Crippen molar-refractivity contribution < 1.29 is 4.79 Å². The Morgan fingerprint density at radius 1 is 0.967 bits per heavy atom. The first-order valence-corrected chi connectivity index (χ1v) is 10.7. The number of fused-ring (bicyclic) bond motifs is 1. The summed E-state index contributed by atoms with van der Waals surface area (Å²) in [6.07, 6.45) is 4.10. The molecule has 1 aliphatic rings. The smallest absolute Gasteiger partial charge is 0.328 e. The molecule has 30 heavy (non-hydrogen) atoms. The van der Waals surface area contributed by atoms with Gasteiger partial charge in [0.1, 0.15) is 0 Å². The van der Waals surface area contributed by atoms with Crippen LogP contribution < -0.4 is 16.6 Å². The van der Waals surface area contributed by atoms with Crippen molar-refractivity contribution in [3.63, 3.8) is 0 Å². The molecule has 4 rings (SSSR count). The number of nitrogens with zero attached hydrogens (tertiary/aromatic N) is 1. The number of carbonyl (C=O) groups excluding carboxylic acids is 1. The van der Waals surface area contributed by atoms with Crippen LogP contribution >= 0.6 is 0 Å². The van der Waals surface area contributed by atoms with Gasteiger partial charge in [0, 0.05) is 19.0 Å². The molecule has 1 heterocycles. The predicted octanol–water partition coefficient (Wildman–Crippen LogP) is 2.86. The molecular formula is C24H27N3O3. The Hall–Kier alpha value is -3.15. The van der Waals surface area contributed by atoms with E-state index >= 15 is 0 Å². The zero-order valence-corrected chi connectivity index (χ0v) is 17.0. The van der Waals surface area contributed by atoms with Gasteiger partial charge in [-0.2, -0.15) is 0 Å². The van der Waals surface area contributed by atoms with Crippen LogP contribution in [0.1, 0.15) is 31.2 Å². The van der Waals surface area contributed by atoms with Gasteiger partial charge in [-0.25, -0.2) is 4.79 Å². The van der Waals surface area contributed by atoms with Crippen molar-refractivity contribution >= 4 is 16.8 Å². The second kappa shape index (κ2) is 9.11. The highest BCUT2D eigenvalue weighted by molar-refractivity contribution is 5.78. The van der Waals surface area contributed by atoms with Crippen LogP contribution in [0.4, 0.5) is 0 Å². The number of H-pyrrole nitrogens is 1. The van der Waals surface area contributed by atoms with Gasteiger partial charge in [0.05, 0.1) is 10.9 Å². The van der Waals surface area contributed by atoms with Crippen LogP contribution in [0.2, 0.25) is 0 Å². The highest BCUT2D eigenvalue weighted by atomic mass is 16.2. The average Bonchev–Trinajstić information content (AvgIpc) is 2.78. The maximum Gasteiger partial charge on any atom is 0.328 e. The summed E-state index contributed by atoms with van der Waals surface area (Å²) in [7, 11) is 0. The fourth-order valence-corrected chi connectivity index (χ4v) is 4.35. The largest absolute Gasteiger partial charge is 0.356 e. The Labute approximate surface area is 174 Å². The van der Waals surface area contributed by atoms with E-state index in [0.29, 0.717) is 24.0 Å². The maximum absolute atomic E-state index is 12.7. The number of nitrogens with one attached hydrogen (secondary N) is 2. The quantitative estimate of drug-likeness (QED) is 0.661. The summed E-state index contributed by atoms with van der Waals surface area (Å²) in [6.45, 7) is 1.05. The van der Waals surface area contributed by atoms with Gasteiger partial charge in [-0.15, -0.1) is 0 Å². The highest BCUT2D eigenvalue weighted by Crippen LogP contribution is 2.29. The van der Waals surface area contributed by atoms with Gasteiger partial charge in [-0.1, -0.05) is 42.5 Å². The Morgan fingerprint density at radius 2 is 1.67 bits per heavy atom. The van der Waals surface area contributed by atoms with Crippen LogP contribution in [0, 0.1) is 11.8 Å². The molecule has 0 spiro atoms. The Kier molecular flexibility index (Phi) is 6.12. The fourth-order valence-electron chi connectivity index (χ4n) is 4.35. The molecule has 0 atom stereocenters. The first kappa shape index (κ1) is 20.1. The Morgan fingerprint density at radius 3 is 2.43 bits per heavy atom. The molecule has 1 fully saturated rings. The number of amides is 1. The minimum absolute atomic E-state index is 0.0173. The second-order valence-electron chi connectivity index (χ2n) is 8.14. The predicted molar refractivity (Wildman–Crippen MR) is 117 cm³/mol. The first-order chi connectivity index (χ1) is 14.6. The van der Waals surface area contributed by atoms with Crippen LogP contribution in [0.3, 0.4) is 0 Å². The van der Waals surface area contributed by atoms with Crippen molar-refractivity contribution in [3.8, 4) is 0 Å². The number of hydrogen-bond acceptors (Lipinski definition) is 3. The lowest BCUT2D eigenvalue weighted by Crippen LogP contribution is -2.39. The SMILES string of the molecule is O=C(NCCc1ccccc1)C1CCC(Cn2c(=O)[nH]c3ccccc3c2=O)CC1. The highest BCUT2D eigenvalue weighted by Gasteiger charge is 2.27. The lowest BCUT2D eigenvalue weighted by atomic mass is 9.81. The fraction of sp³-hybridized carbons (Fsp3) is 0.375. The minimum atomic E-state index is -0.362. The molecule has 1 aromatic heterocycles. The van der Waals surface area contributed by atoms with Gasteiger partial charge >= 0.3 is 5.69 Å². The molecule has 6 nitrogen and oxygen atoms in total. The summed E-state index contributed by atoms with van der Waals surface area (Å²) in [4.78, 5) is 40.4. The third kappa shape index (κ3) is 4.53. The molecule has 1 saturated carbocycles. The molecule has 0 radical (unpaired) electrons. The van der Waals surface area contributed by atoms with E-state index in [2.05, 4.69) is 22.4 Å². The summed E-state index contributed by atoms with van der Waals surface area (Å²) in [5.41, 5.74) is 1.18. The number of aromatic amines is 1. The lowest BCUT2D eigenvalue weighted by molar-refractivity contribution is -0.126. The van der Waals surface area contributed by atoms with Crippen LogP contribution in [0.15, 0.2) is 64.2 Å². The van der Waals surface area contributed by atoms with Crippen molar-refractivity contribution in [1.82, 2.24) is 14.9 Å². The third-order valence-corrected chi connectivity index (χ3v) is 6.10. The van der Waals surface area contributed by atoms with Crippen LogP contribution in [0.25, 0.3) is 10.9 Å². The second-order valence-corrected chi connectivity index (χ2v) is 8.14. The van der Waals surface area contributed by atoms with Gasteiger partial charge in [0.25, 0.3) is 5.56 Å². The van der Waals surface area contributed by atoms with Gasteiger partial charge in [-0.05, 0) is 55.7 Å². The molecule has 1 amide bonds. The number of hydrogen-bond donors (Lipinski definition) is 2. The third-order valence-electron chi connectivity index (χ3n) is 6.10. The number of rotatable bonds is 6. The van der Waals surface area contributed by atoms with E-state index in [1.165, 1.54) is 10.1 Å². The lowest BCUT2D eigenvalue weighted by Gasteiger charge is -2.28. The van der Waals surface area contributed by atoms with Crippen molar-refractivity contribution in [2.75, 3.05) is 6.54 Å². The molecule has 1 aliphatic carbocycles. The monoisotopic (exact) mass is 405 g/mol. The van der Waals surface area contributed by atoms with Gasteiger partial charge in [0.15, 0.2) is 0 Å². The van der Waals surface area contributed by atoms with Gasteiger partial charge < -0.3 is 10.3 Å². The molecular weight excluding hydrogens is 378 g/mol. The van der Waals surface area contributed by atoms with E-state index in [-0.39, 0.29) is 29.0 Å². The Bertz CT molecular complexity index is 1130. The molecule has 0 unspecified atom stereocenters. The number of para-hydroxylation sites is 1. The summed E-state index contributed by atoms with van der Waals surface area (Å²) in [5.74, 6) is 0.368. The summed E-state index contributed by atoms with van der Waals surface area (Å²) >= 11 is 0. The van der Waals surface area contributed by atoms with E-state index in [1.807, 2.05) is 18.2 Å². The van der Waals surface area contributed by atoms with Crippen molar-refractivity contribution in [3.05, 3.63) is 81.0 Å². The molecule has 2 N–H and O–H groups in total. The molecule has 2 aromatic carbocycles. The van der Waals surface area contributed by atoms with Crippen molar-refractivity contribution in [2.24, 2.45) is 11.8 Å². The Balaban J connectivity index is 1.31. The number of aromatic nitrogens is 2. The van der Waals surface area contributed by atoms with E-state index < -0.39 is 0 Å². The van der Waals surface area contributed by atoms with Crippen LogP contribution in [-0.2, 0) is 17.8 Å². The molecule has 6 heteroatoms. The summed E-state index contributed by atoms with van der Waals surface area (Å²) < 4.78 is 1.31. The van der Waals surface area contributed by atoms with Crippen molar-refractivity contribution in [2.45, 2.75) is 38.6 Å². The van der Waals surface area contributed by atoms with Gasteiger partial charge in [0.2, 0.25) is 5.91 Å². The van der Waals surface area contributed by atoms with Crippen LogP contribution in [-0.4, -0.2) is 22.0 Å². The topological polar surface area (TPSA) is 84.0 Å². The number of carbonyl (C=O) groups is 1. The normalized spacial score (nSPS) is 18.9. The molecule has 0 aliphatic heterocycles.